The zero-order chi connectivity index (χ0) is 41.0. The van der Waals surface area contributed by atoms with Crippen molar-refractivity contribution in [1.29, 1.82) is 0 Å². The van der Waals surface area contributed by atoms with Gasteiger partial charge >= 0.3 is 17.9 Å². The van der Waals surface area contributed by atoms with Gasteiger partial charge in [0.15, 0.2) is 24.6 Å². The maximum absolute atomic E-state index is 14.0. The summed E-state index contributed by atoms with van der Waals surface area (Å²) in [5, 5.41) is 1.65. The fraction of sp³-hybridized carbons (Fsp3) is 0.271. The Balaban J connectivity index is 1.47. The molecule has 1 heterocycles. The normalized spacial score (nSPS) is 19.4. The Morgan fingerprint density at radius 2 is 1.00 bits per heavy atom. The lowest BCUT2D eigenvalue weighted by Gasteiger charge is -2.47. The molecular formula is C48H50O9Si. The summed E-state index contributed by atoms with van der Waals surface area (Å²) >= 11 is 0. The van der Waals surface area contributed by atoms with Crippen LogP contribution in [0.4, 0.5) is 0 Å². The maximum atomic E-state index is 14.0. The minimum Gasteiger partial charge on any atom is -0.452 e. The zero-order valence-corrected chi connectivity index (χ0v) is 34.1. The fourth-order valence-corrected chi connectivity index (χ4v) is 11.8. The van der Waals surface area contributed by atoms with Crippen molar-refractivity contribution in [3.8, 4) is 0 Å². The van der Waals surface area contributed by atoms with Gasteiger partial charge < -0.3 is 28.1 Å². The van der Waals surface area contributed by atoms with Gasteiger partial charge in [0.2, 0.25) is 0 Å². The lowest BCUT2D eigenvalue weighted by Crippen LogP contribution is -2.69. The van der Waals surface area contributed by atoms with Gasteiger partial charge in [-0.15, -0.1) is 6.58 Å². The van der Waals surface area contributed by atoms with E-state index in [9.17, 15) is 14.4 Å². The second-order valence-corrected chi connectivity index (χ2v) is 19.3. The molecule has 5 aromatic rings. The van der Waals surface area contributed by atoms with Crippen molar-refractivity contribution in [3.05, 3.63) is 181 Å². The van der Waals surface area contributed by atoms with Crippen LogP contribution in [-0.2, 0) is 28.1 Å². The van der Waals surface area contributed by atoms with Gasteiger partial charge in [0.1, 0.15) is 6.10 Å². The Hall–Kier alpha value is -5.65. The summed E-state index contributed by atoms with van der Waals surface area (Å²) in [6.07, 6.45) is -3.41. The Bertz CT molecular complexity index is 2030. The summed E-state index contributed by atoms with van der Waals surface area (Å²) in [5.41, 5.74) is 0.776. The van der Waals surface area contributed by atoms with Crippen molar-refractivity contribution >= 4 is 36.6 Å². The Labute approximate surface area is 341 Å². The van der Waals surface area contributed by atoms with Crippen molar-refractivity contribution in [2.75, 3.05) is 13.2 Å². The monoisotopic (exact) mass is 798 g/mol. The number of carbonyl (C=O) groups excluding carboxylic acids is 3. The molecule has 6 rings (SSSR count). The largest absolute Gasteiger partial charge is 0.452 e. The molecule has 1 saturated heterocycles. The summed E-state index contributed by atoms with van der Waals surface area (Å²) in [6.45, 7) is 10.4. The Morgan fingerprint density at radius 3 is 1.41 bits per heavy atom. The molecule has 9 nitrogen and oxygen atoms in total. The predicted molar refractivity (Wildman–Crippen MR) is 225 cm³/mol. The highest BCUT2D eigenvalue weighted by Gasteiger charge is 2.56. The molecule has 0 unspecified atom stereocenters. The fourth-order valence-electron chi connectivity index (χ4n) is 7.24. The van der Waals surface area contributed by atoms with E-state index < -0.39 is 62.0 Å². The molecule has 0 amide bonds. The lowest BCUT2D eigenvalue weighted by molar-refractivity contribution is -0.297. The molecule has 0 spiro atoms. The topological polar surface area (TPSA) is 107 Å². The first-order valence-electron chi connectivity index (χ1n) is 19.5. The highest BCUT2D eigenvalue weighted by Crippen LogP contribution is 2.38. The van der Waals surface area contributed by atoms with Gasteiger partial charge in [-0.2, -0.15) is 0 Å². The van der Waals surface area contributed by atoms with Gasteiger partial charge in [-0.25, -0.2) is 14.4 Å². The van der Waals surface area contributed by atoms with Gasteiger partial charge in [-0.3, -0.25) is 0 Å². The number of unbranched alkanes of at least 4 members (excludes halogenated alkanes) is 1. The van der Waals surface area contributed by atoms with Crippen LogP contribution < -0.4 is 10.4 Å². The van der Waals surface area contributed by atoms with Crippen molar-refractivity contribution in [3.63, 3.8) is 0 Å². The second kappa shape index (κ2) is 19.7. The number of rotatable bonds is 16. The third-order valence-electron chi connectivity index (χ3n) is 10.1. The first kappa shape index (κ1) is 42.0. The molecule has 5 aromatic carbocycles. The molecule has 1 fully saturated rings. The van der Waals surface area contributed by atoms with E-state index in [0.717, 1.165) is 10.4 Å². The quantitative estimate of drug-likeness (QED) is 0.0323. The molecule has 1 aliphatic rings. The van der Waals surface area contributed by atoms with Crippen LogP contribution in [0.2, 0.25) is 5.04 Å². The Morgan fingerprint density at radius 1 is 0.603 bits per heavy atom. The van der Waals surface area contributed by atoms with Crippen LogP contribution in [0.1, 0.15) is 64.7 Å². The first-order valence-corrected chi connectivity index (χ1v) is 21.4. The van der Waals surface area contributed by atoms with Gasteiger partial charge in [0.05, 0.1) is 29.9 Å². The van der Waals surface area contributed by atoms with Crippen LogP contribution in [0.25, 0.3) is 0 Å². The minimum atomic E-state index is -3.18. The average molecular weight is 799 g/mol. The van der Waals surface area contributed by atoms with E-state index in [1.807, 2.05) is 36.4 Å². The van der Waals surface area contributed by atoms with Crippen LogP contribution in [0.15, 0.2) is 164 Å². The van der Waals surface area contributed by atoms with Gasteiger partial charge in [-0.05, 0) is 64.7 Å². The van der Waals surface area contributed by atoms with Gasteiger partial charge in [-0.1, -0.05) is 142 Å². The van der Waals surface area contributed by atoms with E-state index in [1.165, 1.54) is 0 Å². The summed E-state index contributed by atoms with van der Waals surface area (Å²) in [4.78, 5) is 41.9. The first-order chi connectivity index (χ1) is 28.1. The molecule has 1 aliphatic heterocycles. The molecule has 0 aromatic heterocycles. The third-order valence-corrected chi connectivity index (χ3v) is 15.1. The van der Waals surface area contributed by atoms with Crippen LogP contribution in [-0.4, -0.2) is 70.1 Å². The SMILES string of the molecule is C=CCCCO[C@H]1O[C@H](CO[Si](c2ccccc2)(c2ccccc2)C(C)(C)C)[C@@H](OC(=O)c2ccccc2)[C@H](OC(=O)c2ccccc2)[C@H]1OC(=O)c1ccccc1. The molecule has 0 bridgehead atoms. The smallest absolute Gasteiger partial charge is 0.338 e. The molecule has 10 heteroatoms. The number of allylic oxidation sites excluding steroid dienone is 1. The zero-order valence-electron chi connectivity index (χ0n) is 33.1. The summed E-state index contributed by atoms with van der Waals surface area (Å²) in [7, 11) is -3.18. The van der Waals surface area contributed by atoms with Crippen molar-refractivity contribution in [2.45, 2.75) is 69.4 Å². The summed E-state index contributed by atoms with van der Waals surface area (Å²) in [6, 6.07) is 45.6. The third kappa shape index (κ3) is 9.89. The number of hydrogen-bond donors (Lipinski definition) is 0. The van der Waals surface area contributed by atoms with E-state index in [-0.39, 0.29) is 29.9 Å². The van der Waals surface area contributed by atoms with Gasteiger partial charge in [0, 0.05) is 0 Å². The number of ether oxygens (including phenoxy) is 5. The van der Waals surface area contributed by atoms with E-state index in [1.54, 1.807) is 97.1 Å². The summed E-state index contributed by atoms with van der Waals surface area (Å²) in [5.74, 6) is -2.11. The second-order valence-electron chi connectivity index (χ2n) is 15.0. The average Bonchev–Trinajstić information content (AvgIpc) is 3.25. The number of benzene rings is 5. The highest BCUT2D eigenvalue weighted by molar-refractivity contribution is 6.99. The maximum Gasteiger partial charge on any atom is 0.338 e. The van der Waals surface area contributed by atoms with E-state index in [4.69, 9.17) is 28.1 Å². The molecule has 0 N–H and O–H groups in total. The molecule has 5 atom stereocenters. The molecule has 0 saturated carbocycles. The Kier molecular flexibility index (Phi) is 14.2. The van der Waals surface area contributed by atoms with E-state index >= 15 is 0 Å². The number of carbonyl (C=O) groups is 3. The standard InChI is InChI=1S/C48H50O9Si/c1-5-6-22-33-52-47-43(57-46(51)37-27-16-9-17-28-37)42(56-45(50)36-25-14-8-15-26-36)41(55-44(49)35-23-12-7-13-24-35)40(54-47)34-53-58(48(2,3)4,38-29-18-10-19-30-38)39-31-20-11-21-32-39/h5,7-21,23-32,40-43,47H,1,6,22,33-34H2,2-4H3/t40-,41-,42+,43-,47+/m1/s1. The lowest BCUT2D eigenvalue weighted by atomic mass is 9.97. The molecule has 0 radical (unpaired) electrons. The summed E-state index contributed by atoms with van der Waals surface area (Å²) < 4.78 is 39.3. The minimum absolute atomic E-state index is 0.106. The molecule has 300 valence electrons. The van der Waals surface area contributed by atoms with Crippen LogP contribution in [0.5, 0.6) is 0 Å². The molecule has 0 aliphatic carbocycles. The van der Waals surface area contributed by atoms with Crippen molar-refractivity contribution in [2.24, 2.45) is 0 Å². The van der Waals surface area contributed by atoms with Gasteiger partial charge in [0.25, 0.3) is 8.32 Å². The van der Waals surface area contributed by atoms with E-state index in [0.29, 0.717) is 12.8 Å². The van der Waals surface area contributed by atoms with Crippen LogP contribution in [0.3, 0.4) is 0 Å². The molecule has 58 heavy (non-hydrogen) atoms. The van der Waals surface area contributed by atoms with Crippen LogP contribution in [0, 0.1) is 0 Å². The number of esters is 3. The highest BCUT2D eigenvalue weighted by atomic mass is 28.4. The van der Waals surface area contributed by atoms with Crippen LogP contribution >= 0.6 is 0 Å². The van der Waals surface area contributed by atoms with Crippen molar-refractivity contribution < 1.29 is 42.5 Å². The van der Waals surface area contributed by atoms with Crippen molar-refractivity contribution in [1.82, 2.24) is 0 Å². The molecular weight excluding hydrogens is 749 g/mol. The predicted octanol–water partition coefficient (Wildman–Crippen LogP) is 7.95. The van der Waals surface area contributed by atoms with E-state index in [2.05, 4.69) is 51.6 Å². The number of hydrogen-bond acceptors (Lipinski definition) is 9.